The summed E-state index contributed by atoms with van der Waals surface area (Å²) in [5.74, 6) is 0.177. The summed E-state index contributed by atoms with van der Waals surface area (Å²) in [5.41, 5.74) is 3.44. The van der Waals surface area contributed by atoms with Crippen molar-refractivity contribution in [3.05, 3.63) is 29.8 Å². The van der Waals surface area contributed by atoms with Gasteiger partial charge in [-0.2, -0.15) is 5.26 Å². The van der Waals surface area contributed by atoms with Gasteiger partial charge in [0.25, 0.3) is 0 Å². The smallest absolute Gasteiger partial charge is 0.0659 e. The van der Waals surface area contributed by atoms with Gasteiger partial charge in [-0.25, -0.2) is 0 Å². The molecule has 1 aliphatic rings. The molecule has 0 heterocycles. The molecule has 0 N–H and O–H groups in total. The van der Waals surface area contributed by atoms with Crippen molar-refractivity contribution in [3.63, 3.8) is 0 Å². The van der Waals surface area contributed by atoms with E-state index in [-0.39, 0.29) is 5.92 Å². The largest absolute Gasteiger partial charge is 0.258 e. The Balaban J connectivity index is 2.18. The van der Waals surface area contributed by atoms with Gasteiger partial charge in [-0.15, -0.1) is 0 Å². The third kappa shape index (κ3) is 2.49. The summed E-state index contributed by atoms with van der Waals surface area (Å²) in [4.78, 5) is 4.68. The number of aliphatic imine (C=N–C) groups is 1. The lowest BCUT2D eigenvalue weighted by molar-refractivity contribution is 0.559. The molecule has 0 amide bonds. The molecule has 1 saturated carbocycles. The minimum Gasteiger partial charge on any atom is -0.258 e. The van der Waals surface area contributed by atoms with Crippen LogP contribution in [0, 0.1) is 24.2 Å². The van der Waals surface area contributed by atoms with E-state index in [9.17, 15) is 0 Å². The first-order valence-electron chi connectivity index (χ1n) is 5.81. The van der Waals surface area contributed by atoms with Crippen molar-refractivity contribution in [1.82, 2.24) is 0 Å². The molecule has 2 rings (SSSR count). The second-order valence-corrected chi connectivity index (χ2v) is 4.39. The zero-order chi connectivity index (χ0) is 11.4. The van der Waals surface area contributed by atoms with Crippen molar-refractivity contribution >= 4 is 11.4 Å². The van der Waals surface area contributed by atoms with Crippen LogP contribution in [0.15, 0.2) is 29.3 Å². The average Bonchev–Trinajstić information content (AvgIpc) is 2.32. The van der Waals surface area contributed by atoms with E-state index < -0.39 is 0 Å². The summed E-state index contributed by atoms with van der Waals surface area (Å²) in [6, 6.07) is 10.5. The molecule has 0 aliphatic heterocycles. The van der Waals surface area contributed by atoms with Gasteiger partial charge < -0.3 is 0 Å². The van der Waals surface area contributed by atoms with Crippen LogP contribution in [0.5, 0.6) is 0 Å². The molecule has 0 aromatic heterocycles. The van der Waals surface area contributed by atoms with Gasteiger partial charge >= 0.3 is 0 Å². The lowest BCUT2D eigenvalue weighted by atomic mass is 9.89. The number of hydrogen-bond donors (Lipinski definition) is 0. The Morgan fingerprint density at radius 3 is 2.94 bits per heavy atom. The second kappa shape index (κ2) is 4.94. The van der Waals surface area contributed by atoms with Crippen LogP contribution in [0.3, 0.4) is 0 Å². The number of hydrogen-bond acceptors (Lipinski definition) is 2. The highest BCUT2D eigenvalue weighted by Crippen LogP contribution is 2.25. The molecule has 2 heteroatoms. The minimum atomic E-state index is 0.177. The van der Waals surface area contributed by atoms with Crippen molar-refractivity contribution in [2.24, 2.45) is 10.9 Å². The first kappa shape index (κ1) is 10.9. The Morgan fingerprint density at radius 2 is 2.19 bits per heavy atom. The zero-order valence-corrected chi connectivity index (χ0v) is 9.61. The molecule has 0 radical (unpaired) electrons. The maximum atomic E-state index is 8.92. The summed E-state index contributed by atoms with van der Waals surface area (Å²) < 4.78 is 0. The molecule has 82 valence electrons. The molecule has 1 aromatic carbocycles. The molecule has 1 aromatic rings. The lowest BCUT2D eigenvalue weighted by Crippen LogP contribution is -2.13. The van der Waals surface area contributed by atoms with Gasteiger partial charge in [0.05, 0.1) is 17.7 Å². The van der Waals surface area contributed by atoms with Gasteiger partial charge in [0.1, 0.15) is 0 Å². The zero-order valence-electron chi connectivity index (χ0n) is 9.61. The Labute approximate surface area is 96.6 Å². The highest BCUT2D eigenvalue weighted by Gasteiger charge is 2.17. The molecular formula is C14H16N2. The Morgan fingerprint density at radius 1 is 1.38 bits per heavy atom. The van der Waals surface area contributed by atoms with E-state index in [0.29, 0.717) is 0 Å². The normalized spacial score (nSPS) is 23.0. The van der Waals surface area contributed by atoms with Crippen LogP contribution in [0.1, 0.15) is 31.2 Å². The predicted octanol–water partition coefficient (Wildman–Crippen LogP) is 3.78. The van der Waals surface area contributed by atoms with Crippen LogP contribution in [0.2, 0.25) is 0 Å². The van der Waals surface area contributed by atoms with E-state index in [2.05, 4.69) is 24.1 Å². The molecule has 2 nitrogen and oxygen atoms in total. The third-order valence-electron chi connectivity index (χ3n) is 3.08. The minimum absolute atomic E-state index is 0.177. The first-order valence-corrected chi connectivity index (χ1v) is 5.81. The lowest BCUT2D eigenvalue weighted by Gasteiger charge is -2.17. The van der Waals surface area contributed by atoms with Crippen molar-refractivity contribution < 1.29 is 0 Å². The number of rotatable bonds is 1. The topological polar surface area (TPSA) is 36.1 Å². The number of nitriles is 1. The van der Waals surface area contributed by atoms with Crippen molar-refractivity contribution in [1.29, 1.82) is 5.26 Å². The third-order valence-corrected chi connectivity index (χ3v) is 3.08. The quantitative estimate of drug-likeness (QED) is 0.697. The number of para-hydroxylation sites is 1. The van der Waals surface area contributed by atoms with E-state index in [1.54, 1.807) is 0 Å². The molecule has 0 spiro atoms. The molecule has 0 saturated heterocycles. The monoisotopic (exact) mass is 212 g/mol. The fraction of sp³-hybridized carbons (Fsp3) is 0.429. The fourth-order valence-electron chi connectivity index (χ4n) is 2.11. The van der Waals surface area contributed by atoms with Crippen LogP contribution in [0.25, 0.3) is 0 Å². The Kier molecular flexibility index (Phi) is 3.36. The molecule has 16 heavy (non-hydrogen) atoms. The fourth-order valence-corrected chi connectivity index (χ4v) is 2.11. The predicted molar refractivity (Wildman–Crippen MR) is 65.8 cm³/mol. The Bertz CT molecular complexity index is 440. The molecule has 1 aliphatic carbocycles. The van der Waals surface area contributed by atoms with Gasteiger partial charge in [0, 0.05) is 12.1 Å². The number of benzene rings is 1. The van der Waals surface area contributed by atoms with Gasteiger partial charge in [0.15, 0.2) is 0 Å². The van der Waals surface area contributed by atoms with Crippen molar-refractivity contribution in [3.8, 4) is 6.07 Å². The van der Waals surface area contributed by atoms with Crippen LogP contribution in [-0.4, -0.2) is 5.71 Å². The molecular weight excluding hydrogens is 196 g/mol. The molecule has 1 unspecified atom stereocenters. The highest BCUT2D eigenvalue weighted by molar-refractivity contribution is 5.88. The van der Waals surface area contributed by atoms with E-state index in [0.717, 1.165) is 31.4 Å². The molecule has 1 atom stereocenters. The second-order valence-electron chi connectivity index (χ2n) is 4.39. The van der Waals surface area contributed by atoms with E-state index in [1.807, 2.05) is 18.2 Å². The van der Waals surface area contributed by atoms with Gasteiger partial charge in [0.2, 0.25) is 0 Å². The maximum absolute atomic E-state index is 8.92. The van der Waals surface area contributed by atoms with Crippen LogP contribution in [-0.2, 0) is 0 Å². The maximum Gasteiger partial charge on any atom is 0.0659 e. The number of nitrogens with zero attached hydrogens (tertiary/aromatic N) is 2. The van der Waals surface area contributed by atoms with Crippen LogP contribution >= 0.6 is 0 Å². The van der Waals surface area contributed by atoms with Gasteiger partial charge in [-0.05, 0) is 37.8 Å². The molecule has 0 bridgehead atoms. The summed E-state index contributed by atoms with van der Waals surface area (Å²) in [5, 5.41) is 8.92. The summed E-state index contributed by atoms with van der Waals surface area (Å²) >= 11 is 0. The van der Waals surface area contributed by atoms with Crippen LogP contribution in [0.4, 0.5) is 5.69 Å². The first-order chi connectivity index (χ1) is 7.79. The van der Waals surface area contributed by atoms with Gasteiger partial charge in [-0.1, -0.05) is 18.2 Å². The highest BCUT2D eigenvalue weighted by atomic mass is 14.8. The summed E-state index contributed by atoms with van der Waals surface area (Å²) in [6.07, 6.45) is 4.03. The average molecular weight is 212 g/mol. The van der Waals surface area contributed by atoms with E-state index in [4.69, 9.17) is 5.26 Å². The van der Waals surface area contributed by atoms with E-state index >= 15 is 0 Å². The summed E-state index contributed by atoms with van der Waals surface area (Å²) in [7, 11) is 0. The standard InChI is InChI=1S/C14H16N2/c1-11-5-2-3-8-14(11)16-13-7-4-6-12(9-13)10-15/h2-3,5,8,12H,4,6-7,9H2,1H3/b16-13+. The SMILES string of the molecule is Cc1ccccc1/N=C1\CCCC(C#N)C1. The van der Waals surface area contributed by atoms with Crippen molar-refractivity contribution in [2.45, 2.75) is 32.6 Å². The van der Waals surface area contributed by atoms with E-state index in [1.165, 1.54) is 11.3 Å². The van der Waals surface area contributed by atoms with Crippen LogP contribution < -0.4 is 0 Å². The molecule has 1 fully saturated rings. The Hall–Kier alpha value is -1.62. The van der Waals surface area contributed by atoms with Crippen molar-refractivity contribution in [2.75, 3.05) is 0 Å². The summed E-state index contributed by atoms with van der Waals surface area (Å²) in [6.45, 7) is 2.07. The number of aryl methyl sites for hydroxylation is 1. The van der Waals surface area contributed by atoms with Gasteiger partial charge in [-0.3, -0.25) is 4.99 Å².